The van der Waals surface area contributed by atoms with Gasteiger partial charge in [0.15, 0.2) is 11.5 Å². The lowest BCUT2D eigenvalue weighted by molar-refractivity contribution is 0.170. The standard InChI is InChI=1S/C15H17NO3S/c1-10-2-4-12(20-10)7-16-8-13(17)11-3-5-14-15(6-11)19-9-18-14/h2-6,13,16-17H,7-9H2,1H3. The molecule has 0 bridgehead atoms. The molecule has 0 fully saturated rings. The van der Waals surface area contributed by atoms with Gasteiger partial charge >= 0.3 is 0 Å². The first kappa shape index (κ1) is 13.4. The first-order valence-corrected chi connectivity index (χ1v) is 7.37. The quantitative estimate of drug-likeness (QED) is 0.889. The summed E-state index contributed by atoms with van der Waals surface area (Å²) < 4.78 is 10.6. The molecule has 2 N–H and O–H groups in total. The number of hydrogen-bond donors (Lipinski definition) is 2. The average Bonchev–Trinajstić information content (AvgIpc) is 3.06. The van der Waals surface area contributed by atoms with Crippen molar-refractivity contribution >= 4 is 11.3 Å². The van der Waals surface area contributed by atoms with Gasteiger partial charge in [0.1, 0.15) is 0 Å². The maximum atomic E-state index is 10.2. The zero-order chi connectivity index (χ0) is 13.9. The van der Waals surface area contributed by atoms with E-state index in [4.69, 9.17) is 9.47 Å². The summed E-state index contributed by atoms with van der Waals surface area (Å²) in [6, 6.07) is 9.76. The van der Waals surface area contributed by atoms with Crippen LogP contribution in [0.4, 0.5) is 0 Å². The highest BCUT2D eigenvalue weighted by Crippen LogP contribution is 2.34. The molecule has 1 aliphatic heterocycles. The van der Waals surface area contributed by atoms with Crippen LogP contribution < -0.4 is 14.8 Å². The first-order valence-electron chi connectivity index (χ1n) is 6.56. The number of aliphatic hydroxyl groups excluding tert-OH is 1. The zero-order valence-electron chi connectivity index (χ0n) is 11.3. The minimum absolute atomic E-state index is 0.255. The molecule has 1 atom stereocenters. The van der Waals surface area contributed by atoms with Crippen molar-refractivity contribution in [1.29, 1.82) is 0 Å². The van der Waals surface area contributed by atoms with Gasteiger partial charge in [-0.15, -0.1) is 11.3 Å². The highest BCUT2D eigenvalue weighted by atomic mass is 32.1. The van der Waals surface area contributed by atoms with Crippen LogP contribution in [-0.2, 0) is 6.54 Å². The Kier molecular flexibility index (Phi) is 3.91. The Morgan fingerprint density at radius 3 is 2.90 bits per heavy atom. The van der Waals surface area contributed by atoms with E-state index in [-0.39, 0.29) is 6.79 Å². The van der Waals surface area contributed by atoms with E-state index in [1.165, 1.54) is 9.75 Å². The van der Waals surface area contributed by atoms with Crippen molar-refractivity contribution in [2.75, 3.05) is 13.3 Å². The van der Waals surface area contributed by atoms with Crippen LogP contribution in [0.2, 0.25) is 0 Å². The summed E-state index contributed by atoms with van der Waals surface area (Å²) in [5.41, 5.74) is 0.837. The second-order valence-electron chi connectivity index (χ2n) is 4.77. The van der Waals surface area contributed by atoms with Gasteiger partial charge in [-0.3, -0.25) is 0 Å². The van der Waals surface area contributed by atoms with Gasteiger partial charge < -0.3 is 19.9 Å². The van der Waals surface area contributed by atoms with E-state index in [1.54, 1.807) is 11.3 Å². The fourth-order valence-electron chi connectivity index (χ4n) is 2.15. The van der Waals surface area contributed by atoms with Crippen LogP contribution >= 0.6 is 11.3 Å². The summed E-state index contributed by atoms with van der Waals surface area (Å²) in [7, 11) is 0. The topological polar surface area (TPSA) is 50.7 Å². The summed E-state index contributed by atoms with van der Waals surface area (Å²) in [5.74, 6) is 1.44. The molecule has 5 heteroatoms. The molecule has 0 spiro atoms. The second kappa shape index (κ2) is 5.83. The molecule has 3 rings (SSSR count). The van der Waals surface area contributed by atoms with E-state index in [9.17, 15) is 5.11 Å². The number of aryl methyl sites for hydroxylation is 1. The van der Waals surface area contributed by atoms with Gasteiger partial charge in [-0.1, -0.05) is 6.07 Å². The number of nitrogens with one attached hydrogen (secondary N) is 1. The van der Waals surface area contributed by atoms with Crippen molar-refractivity contribution < 1.29 is 14.6 Å². The lowest BCUT2D eigenvalue weighted by Gasteiger charge is -2.12. The maximum Gasteiger partial charge on any atom is 0.231 e. The van der Waals surface area contributed by atoms with Crippen molar-refractivity contribution in [3.8, 4) is 11.5 Å². The number of hydrogen-bond acceptors (Lipinski definition) is 5. The fraction of sp³-hybridized carbons (Fsp3) is 0.333. The Bertz CT molecular complexity index is 597. The zero-order valence-corrected chi connectivity index (χ0v) is 12.1. The fourth-order valence-corrected chi connectivity index (χ4v) is 3.01. The van der Waals surface area contributed by atoms with Gasteiger partial charge in [-0.25, -0.2) is 0 Å². The minimum atomic E-state index is -0.550. The van der Waals surface area contributed by atoms with Crippen molar-refractivity contribution in [2.24, 2.45) is 0 Å². The Labute approximate surface area is 122 Å². The molecule has 0 amide bonds. The molecule has 4 nitrogen and oxygen atoms in total. The van der Waals surface area contributed by atoms with E-state index in [1.807, 2.05) is 18.2 Å². The third kappa shape index (κ3) is 2.95. The van der Waals surface area contributed by atoms with Crippen LogP contribution in [-0.4, -0.2) is 18.4 Å². The first-order chi connectivity index (χ1) is 9.72. The summed E-state index contributed by atoms with van der Waals surface area (Å²) in [6.45, 7) is 3.64. The molecule has 2 heterocycles. The summed E-state index contributed by atoms with van der Waals surface area (Å²) in [4.78, 5) is 2.58. The van der Waals surface area contributed by atoms with E-state index >= 15 is 0 Å². The molecule has 0 saturated heterocycles. The molecule has 0 aliphatic carbocycles. The molecule has 2 aromatic rings. The normalized spacial score (nSPS) is 14.5. The number of ether oxygens (including phenoxy) is 2. The van der Waals surface area contributed by atoms with Crippen molar-refractivity contribution in [3.63, 3.8) is 0 Å². The Morgan fingerprint density at radius 2 is 2.10 bits per heavy atom. The monoisotopic (exact) mass is 291 g/mol. The second-order valence-corrected chi connectivity index (χ2v) is 6.14. The Hall–Kier alpha value is -1.56. The van der Waals surface area contributed by atoms with E-state index in [0.717, 1.165) is 17.9 Å². The minimum Gasteiger partial charge on any atom is -0.454 e. The number of aliphatic hydroxyl groups is 1. The Balaban J connectivity index is 1.55. The number of fused-ring (bicyclic) bond motifs is 1. The van der Waals surface area contributed by atoms with Gasteiger partial charge in [-0.2, -0.15) is 0 Å². The van der Waals surface area contributed by atoms with Gasteiger partial charge in [0, 0.05) is 22.8 Å². The third-order valence-corrected chi connectivity index (χ3v) is 4.21. The summed E-state index contributed by atoms with van der Waals surface area (Å²) in [5, 5.41) is 13.4. The van der Waals surface area contributed by atoms with Gasteiger partial charge in [0.2, 0.25) is 6.79 Å². The molecule has 1 aliphatic rings. The predicted octanol–water partition coefficient (Wildman–Crippen LogP) is 2.61. The van der Waals surface area contributed by atoms with E-state index < -0.39 is 6.10 Å². The Morgan fingerprint density at radius 1 is 1.25 bits per heavy atom. The van der Waals surface area contributed by atoms with E-state index in [2.05, 4.69) is 24.4 Å². The SMILES string of the molecule is Cc1ccc(CNCC(O)c2ccc3c(c2)OCO3)s1. The van der Waals surface area contributed by atoms with E-state index in [0.29, 0.717) is 12.3 Å². The van der Waals surface area contributed by atoms with Crippen LogP contribution in [0.1, 0.15) is 21.4 Å². The molecule has 1 aromatic carbocycles. The van der Waals surface area contributed by atoms with Gasteiger partial charge in [0.25, 0.3) is 0 Å². The van der Waals surface area contributed by atoms with Crippen molar-refractivity contribution in [2.45, 2.75) is 19.6 Å². The maximum absolute atomic E-state index is 10.2. The largest absolute Gasteiger partial charge is 0.454 e. The molecular formula is C15H17NO3S. The van der Waals surface area contributed by atoms with Gasteiger partial charge in [-0.05, 0) is 36.8 Å². The molecule has 1 unspecified atom stereocenters. The van der Waals surface area contributed by atoms with Crippen molar-refractivity contribution in [3.05, 3.63) is 45.6 Å². The molecular weight excluding hydrogens is 274 g/mol. The number of rotatable bonds is 5. The van der Waals surface area contributed by atoms with Crippen LogP contribution in [0.3, 0.4) is 0 Å². The highest BCUT2D eigenvalue weighted by molar-refractivity contribution is 7.11. The van der Waals surface area contributed by atoms with Crippen molar-refractivity contribution in [1.82, 2.24) is 5.32 Å². The van der Waals surface area contributed by atoms with Crippen LogP contribution in [0.5, 0.6) is 11.5 Å². The predicted molar refractivity (Wildman–Crippen MR) is 78.3 cm³/mol. The molecule has 0 radical (unpaired) electrons. The third-order valence-electron chi connectivity index (χ3n) is 3.21. The molecule has 1 aromatic heterocycles. The number of thiophene rings is 1. The van der Waals surface area contributed by atoms with Crippen LogP contribution in [0, 0.1) is 6.92 Å². The smallest absolute Gasteiger partial charge is 0.231 e. The average molecular weight is 291 g/mol. The van der Waals surface area contributed by atoms with Gasteiger partial charge in [0.05, 0.1) is 6.10 Å². The lowest BCUT2D eigenvalue weighted by Crippen LogP contribution is -2.20. The summed E-state index contributed by atoms with van der Waals surface area (Å²) >= 11 is 1.77. The molecule has 106 valence electrons. The molecule has 0 saturated carbocycles. The van der Waals surface area contributed by atoms with Crippen LogP contribution in [0.25, 0.3) is 0 Å². The summed E-state index contributed by atoms with van der Waals surface area (Å²) in [6.07, 6.45) is -0.550. The lowest BCUT2D eigenvalue weighted by atomic mass is 10.1. The highest BCUT2D eigenvalue weighted by Gasteiger charge is 2.16. The molecule has 20 heavy (non-hydrogen) atoms. The number of benzene rings is 1. The van der Waals surface area contributed by atoms with Crippen LogP contribution in [0.15, 0.2) is 30.3 Å².